The minimum Gasteiger partial charge on any atom is -0.468 e. The van der Waals surface area contributed by atoms with Crippen molar-refractivity contribution in [2.75, 3.05) is 6.67 Å². The van der Waals surface area contributed by atoms with Crippen molar-refractivity contribution in [3.05, 3.63) is 24.2 Å². The zero-order chi connectivity index (χ0) is 8.10. The lowest BCUT2D eigenvalue weighted by Crippen LogP contribution is -2.26. The van der Waals surface area contributed by atoms with E-state index in [1.807, 2.05) is 12.1 Å². The van der Waals surface area contributed by atoms with Crippen LogP contribution in [0.1, 0.15) is 12.7 Å². The molecule has 1 atom stereocenters. The molecule has 1 heterocycles. The van der Waals surface area contributed by atoms with Crippen molar-refractivity contribution in [2.24, 2.45) is 0 Å². The van der Waals surface area contributed by atoms with Gasteiger partial charge in [0.2, 0.25) is 0 Å². The maximum absolute atomic E-state index is 11.9. The number of hydrogen-bond acceptors (Lipinski definition) is 2. The SMILES string of the molecule is CC(CF)NCc1ccco1. The third kappa shape index (κ3) is 2.72. The molecule has 1 rings (SSSR count). The summed E-state index contributed by atoms with van der Waals surface area (Å²) < 4.78 is 17.0. The van der Waals surface area contributed by atoms with E-state index in [0.717, 1.165) is 5.76 Å². The van der Waals surface area contributed by atoms with Gasteiger partial charge in [0.25, 0.3) is 0 Å². The monoisotopic (exact) mass is 157 g/mol. The third-order valence-electron chi connectivity index (χ3n) is 1.44. The van der Waals surface area contributed by atoms with Crippen LogP contribution in [0.4, 0.5) is 4.39 Å². The van der Waals surface area contributed by atoms with Gasteiger partial charge in [-0.15, -0.1) is 0 Å². The molecule has 0 bridgehead atoms. The van der Waals surface area contributed by atoms with Crippen molar-refractivity contribution in [3.63, 3.8) is 0 Å². The van der Waals surface area contributed by atoms with E-state index in [2.05, 4.69) is 5.32 Å². The Morgan fingerprint density at radius 2 is 2.55 bits per heavy atom. The lowest BCUT2D eigenvalue weighted by atomic mass is 10.3. The Balaban J connectivity index is 2.23. The third-order valence-corrected chi connectivity index (χ3v) is 1.44. The molecule has 0 saturated heterocycles. The maximum Gasteiger partial charge on any atom is 0.117 e. The van der Waals surface area contributed by atoms with E-state index in [1.165, 1.54) is 0 Å². The van der Waals surface area contributed by atoms with Gasteiger partial charge in [-0.25, -0.2) is 4.39 Å². The second-order valence-corrected chi connectivity index (χ2v) is 2.52. The summed E-state index contributed by atoms with van der Waals surface area (Å²) in [6, 6.07) is 3.58. The smallest absolute Gasteiger partial charge is 0.117 e. The van der Waals surface area contributed by atoms with Crippen molar-refractivity contribution < 1.29 is 8.81 Å². The van der Waals surface area contributed by atoms with Gasteiger partial charge >= 0.3 is 0 Å². The van der Waals surface area contributed by atoms with Crippen molar-refractivity contribution >= 4 is 0 Å². The number of hydrogen-bond donors (Lipinski definition) is 1. The van der Waals surface area contributed by atoms with Gasteiger partial charge in [0.15, 0.2) is 0 Å². The van der Waals surface area contributed by atoms with Crippen molar-refractivity contribution in [1.29, 1.82) is 0 Å². The summed E-state index contributed by atoms with van der Waals surface area (Å²) >= 11 is 0. The molecule has 1 aromatic rings. The predicted octanol–water partition coefficient (Wildman–Crippen LogP) is 1.73. The van der Waals surface area contributed by atoms with Crippen molar-refractivity contribution in [1.82, 2.24) is 5.32 Å². The number of alkyl halides is 1. The standard InChI is InChI=1S/C8H12FNO/c1-7(5-9)10-6-8-3-2-4-11-8/h2-4,7,10H,5-6H2,1H3. The first kappa shape index (κ1) is 8.27. The molecule has 0 aliphatic heterocycles. The molecule has 0 spiro atoms. The Labute approximate surface area is 65.4 Å². The minimum absolute atomic E-state index is 0.0971. The van der Waals surface area contributed by atoms with Gasteiger partial charge < -0.3 is 9.73 Å². The molecule has 0 saturated carbocycles. The summed E-state index contributed by atoms with van der Waals surface area (Å²) in [5, 5.41) is 2.97. The van der Waals surface area contributed by atoms with E-state index in [1.54, 1.807) is 13.2 Å². The zero-order valence-electron chi connectivity index (χ0n) is 6.51. The molecule has 0 amide bonds. The zero-order valence-corrected chi connectivity index (χ0v) is 6.51. The average molecular weight is 157 g/mol. The van der Waals surface area contributed by atoms with Gasteiger partial charge in [0, 0.05) is 6.04 Å². The fourth-order valence-electron chi connectivity index (χ4n) is 0.743. The lowest BCUT2D eigenvalue weighted by Gasteiger charge is -2.06. The van der Waals surface area contributed by atoms with Crippen LogP contribution < -0.4 is 5.32 Å². The van der Waals surface area contributed by atoms with Gasteiger partial charge in [0.05, 0.1) is 12.8 Å². The van der Waals surface area contributed by atoms with E-state index < -0.39 is 0 Å². The van der Waals surface area contributed by atoms with Gasteiger partial charge in [-0.1, -0.05) is 0 Å². The van der Waals surface area contributed by atoms with Crippen LogP contribution >= 0.6 is 0 Å². The molecule has 0 aromatic carbocycles. The Morgan fingerprint density at radius 3 is 3.09 bits per heavy atom. The number of halogens is 1. The molecule has 1 aromatic heterocycles. The van der Waals surface area contributed by atoms with Crippen LogP contribution in [0.3, 0.4) is 0 Å². The van der Waals surface area contributed by atoms with Crippen LogP contribution in [0, 0.1) is 0 Å². The molecule has 3 heteroatoms. The first-order chi connectivity index (χ1) is 5.33. The summed E-state index contributed by atoms with van der Waals surface area (Å²) in [4.78, 5) is 0. The summed E-state index contributed by atoms with van der Waals surface area (Å²) in [5.41, 5.74) is 0. The van der Waals surface area contributed by atoms with Crippen LogP contribution in [0.5, 0.6) is 0 Å². The number of furan rings is 1. The highest BCUT2D eigenvalue weighted by atomic mass is 19.1. The number of nitrogens with one attached hydrogen (secondary N) is 1. The van der Waals surface area contributed by atoms with Crippen LogP contribution in [-0.4, -0.2) is 12.7 Å². The normalized spacial score (nSPS) is 13.3. The number of rotatable bonds is 4. The maximum atomic E-state index is 11.9. The van der Waals surface area contributed by atoms with Crippen molar-refractivity contribution in [3.8, 4) is 0 Å². The second-order valence-electron chi connectivity index (χ2n) is 2.52. The van der Waals surface area contributed by atoms with E-state index in [-0.39, 0.29) is 12.7 Å². The highest BCUT2D eigenvalue weighted by Gasteiger charge is 2.00. The first-order valence-electron chi connectivity index (χ1n) is 3.64. The Bertz CT molecular complexity index is 186. The predicted molar refractivity (Wildman–Crippen MR) is 41.0 cm³/mol. The average Bonchev–Trinajstić information content (AvgIpc) is 2.52. The molecular formula is C8H12FNO. The molecule has 11 heavy (non-hydrogen) atoms. The van der Waals surface area contributed by atoms with Crippen molar-refractivity contribution in [2.45, 2.75) is 19.5 Å². The van der Waals surface area contributed by atoms with Crippen LogP contribution in [0.2, 0.25) is 0 Å². The Hall–Kier alpha value is -0.830. The molecule has 0 aliphatic rings. The van der Waals surface area contributed by atoms with E-state index in [4.69, 9.17) is 4.42 Å². The molecule has 0 fully saturated rings. The van der Waals surface area contributed by atoms with Gasteiger partial charge in [0.1, 0.15) is 12.4 Å². The molecule has 0 radical (unpaired) electrons. The molecule has 1 unspecified atom stereocenters. The van der Waals surface area contributed by atoms with Crippen LogP contribution in [0.25, 0.3) is 0 Å². The molecule has 0 aliphatic carbocycles. The fraction of sp³-hybridized carbons (Fsp3) is 0.500. The highest BCUT2D eigenvalue weighted by Crippen LogP contribution is 1.99. The second kappa shape index (κ2) is 4.13. The fourth-order valence-corrected chi connectivity index (χ4v) is 0.743. The Morgan fingerprint density at radius 1 is 1.73 bits per heavy atom. The van der Waals surface area contributed by atoms with E-state index in [0.29, 0.717) is 6.54 Å². The summed E-state index contributed by atoms with van der Waals surface area (Å²) in [7, 11) is 0. The molecule has 1 N–H and O–H groups in total. The van der Waals surface area contributed by atoms with Crippen LogP contribution in [-0.2, 0) is 6.54 Å². The topological polar surface area (TPSA) is 25.2 Å². The quantitative estimate of drug-likeness (QED) is 0.720. The van der Waals surface area contributed by atoms with E-state index >= 15 is 0 Å². The van der Waals surface area contributed by atoms with Crippen LogP contribution in [0.15, 0.2) is 22.8 Å². The summed E-state index contributed by atoms with van der Waals surface area (Å²) in [6.07, 6.45) is 1.61. The van der Waals surface area contributed by atoms with E-state index in [9.17, 15) is 4.39 Å². The molecular weight excluding hydrogens is 145 g/mol. The molecule has 62 valence electrons. The summed E-state index contributed by atoms with van der Waals surface area (Å²) in [5.74, 6) is 0.838. The highest BCUT2D eigenvalue weighted by molar-refractivity contribution is 4.97. The van der Waals surface area contributed by atoms with Gasteiger partial charge in [-0.3, -0.25) is 0 Å². The minimum atomic E-state index is -0.347. The first-order valence-corrected chi connectivity index (χ1v) is 3.64. The molecule has 2 nitrogen and oxygen atoms in total. The van der Waals surface area contributed by atoms with Gasteiger partial charge in [-0.05, 0) is 19.1 Å². The lowest BCUT2D eigenvalue weighted by molar-refractivity contribution is 0.376. The largest absolute Gasteiger partial charge is 0.468 e. The Kier molecular flexibility index (Phi) is 3.11. The van der Waals surface area contributed by atoms with Gasteiger partial charge in [-0.2, -0.15) is 0 Å². The summed E-state index contributed by atoms with van der Waals surface area (Å²) in [6.45, 7) is 2.04.